The molecule has 0 spiro atoms. The standard InChI is InChI=1S/C32H37ClO11/c1-18(34)39-17-28-30(40-19(2)35)32(42-21(4)37)31(41-20(3)36)29(44-28)23-7-10-27(33)24(16-23)15-22-5-8-25(9-6-22)43-26-11-13-38-14-12-26/h5-10,16,26,28-32H,11-15,17H2,1-4H3/t28-,29?,30-,31+,32+/m1/s1. The number of carbonyl (C=O) groups is 4. The number of halogens is 1. The van der Waals surface area contributed by atoms with Crippen molar-refractivity contribution in [1.82, 2.24) is 0 Å². The lowest BCUT2D eigenvalue weighted by molar-refractivity contribution is -0.254. The van der Waals surface area contributed by atoms with Crippen molar-refractivity contribution in [3.63, 3.8) is 0 Å². The zero-order valence-electron chi connectivity index (χ0n) is 25.1. The Balaban J connectivity index is 1.63. The van der Waals surface area contributed by atoms with E-state index < -0.39 is 54.4 Å². The zero-order chi connectivity index (χ0) is 31.8. The molecule has 2 aromatic carbocycles. The minimum atomic E-state index is -1.26. The van der Waals surface area contributed by atoms with Gasteiger partial charge >= 0.3 is 23.9 Å². The fraction of sp³-hybridized carbons (Fsp3) is 0.500. The summed E-state index contributed by atoms with van der Waals surface area (Å²) in [5, 5.41) is 0.502. The van der Waals surface area contributed by atoms with Crippen molar-refractivity contribution < 1.29 is 52.3 Å². The van der Waals surface area contributed by atoms with Crippen LogP contribution in [0, 0.1) is 0 Å². The molecule has 0 aliphatic carbocycles. The summed E-state index contributed by atoms with van der Waals surface area (Å²) in [7, 11) is 0. The van der Waals surface area contributed by atoms with Gasteiger partial charge in [-0.15, -0.1) is 0 Å². The molecule has 0 amide bonds. The molecule has 2 aliphatic heterocycles. The second-order valence-electron chi connectivity index (χ2n) is 10.7. The number of benzene rings is 2. The van der Waals surface area contributed by atoms with E-state index in [-0.39, 0.29) is 12.7 Å². The van der Waals surface area contributed by atoms with Gasteiger partial charge in [-0.25, -0.2) is 0 Å². The molecule has 2 aromatic rings. The van der Waals surface area contributed by atoms with E-state index in [1.807, 2.05) is 30.3 Å². The van der Waals surface area contributed by atoms with Crippen molar-refractivity contribution >= 4 is 35.5 Å². The van der Waals surface area contributed by atoms with Crippen LogP contribution in [0.1, 0.15) is 63.3 Å². The van der Waals surface area contributed by atoms with Crippen LogP contribution in [-0.2, 0) is 54.0 Å². The van der Waals surface area contributed by atoms with Crippen LogP contribution in [-0.4, -0.2) is 74.2 Å². The maximum Gasteiger partial charge on any atom is 0.303 e. The quantitative estimate of drug-likeness (QED) is 0.274. The predicted octanol–water partition coefficient (Wildman–Crippen LogP) is 4.29. The maximum atomic E-state index is 12.2. The number of ether oxygens (including phenoxy) is 7. The average Bonchev–Trinajstić information content (AvgIpc) is 2.96. The van der Waals surface area contributed by atoms with E-state index in [0.29, 0.717) is 30.2 Å². The van der Waals surface area contributed by atoms with E-state index in [2.05, 4.69) is 0 Å². The summed E-state index contributed by atoms with van der Waals surface area (Å²) in [5.41, 5.74) is 2.29. The average molecular weight is 633 g/mol. The fourth-order valence-electron chi connectivity index (χ4n) is 5.30. The van der Waals surface area contributed by atoms with Gasteiger partial charge in [-0.2, -0.15) is 0 Å². The Bertz CT molecular complexity index is 1320. The lowest BCUT2D eigenvalue weighted by Gasteiger charge is -2.44. The van der Waals surface area contributed by atoms with Gasteiger partial charge in [-0.1, -0.05) is 35.9 Å². The molecule has 0 N–H and O–H groups in total. The van der Waals surface area contributed by atoms with Gasteiger partial charge in [0.2, 0.25) is 0 Å². The van der Waals surface area contributed by atoms with Crippen LogP contribution in [0.4, 0.5) is 0 Å². The third-order valence-electron chi connectivity index (χ3n) is 7.18. The van der Waals surface area contributed by atoms with Crippen LogP contribution in [0.25, 0.3) is 0 Å². The maximum absolute atomic E-state index is 12.2. The van der Waals surface area contributed by atoms with E-state index in [1.165, 1.54) is 27.7 Å². The van der Waals surface area contributed by atoms with E-state index >= 15 is 0 Å². The number of esters is 4. The summed E-state index contributed by atoms with van der Waals surface area (Å²) in [6, 6.07) is 13.0. The summed E-state index contributed by atoms with van der Waals surface area (Å²) in [6.45, 7) is 5.86. The summed E-state index contributed by atoms with van der Waals surface area (Å²) in [6.07, 6.45) is -3.45. The lowest BCUT2D eigenvalue weighted by atomic mass is 9.89. The molecule has 2 aliphatic rings. The second kappa shape index (κ2) is 15.4. The SMILES string of the molecule is CC(=O)OC[C@H]1OC(c2ccc(Cl)c(Cc3ccc(OC4CCOCC4)cc3)c2)[C@H](OC(C)=O)[C@@H](OC(C)=O)[C@@H]1OC(C)=O. The summed E-state index contributed by atoms with van der Waals surface area (Å²) >= 11 is 6.61. The molecule has 2 saturated heterocycles. The van der Waals surface area contributed by atoms with Crippen molar-refractivity contribution in [2.75, 3.05) is 19.8 Å². The molecule has 4 rings (SSSR count). The fourth-order valence-corrected chi connectivity index (χ4v) is 5.48. The highest BCUT2D eigenvalue weighted by Gasteiger charge is 2.52. The molecule has 0 saturated carbocycles. The Morgan fingerprint density at radius 2 is 1.41 bits per heavy atom. The molecule has 44 heavy (non-hydrogen) atoms. The minimum Gasteiger partial charge on any atom is -0.490 e. The number of rotatable bonds is 10. The Kier molecular flexibility index (Phi) is 11.6. The van der Waals surface area contributed by atoms with Crippen LogP contribution < -0.4 is 4.74 Å². The monoisotopic (exact) mass is 632 g/mol. The van der Waals surface area contributed by atoms with Crippen LogP contribution in [0.15, 0.2) is 42.5 Å². The highest BCUT2D eigenvalue weighted by Crippen LogP contribution is 2.39. The highest BCUT2D eigenvalue weighted by atomic mass is 35.5. The molecule has 5 atom stereocenters. The van der Waals surface area contributed by atoms with Gasteiger partial charge < -0.3 is 33.2 Å². The summed E-state index contributed by atoms with van der Waals surface area (Å²) in [5.74, 6) is -1.87. The van der Waals surface area contributed by atoms with Crippen molar-refractivity contribution in [3.8, 4) is 5.75 Å². The van der Waals surface area contributed by atoms with Gasteiger partial charge in [0, 0.05) is 45.6 Å². The predicted molar refractivity (Wildman–Crippen MR) is 156 cm³/mol. The van der Waals surface area contributed by atoms with Crippen molar-refractivity contribution in [3.05, 3.63) is 64.2 Å². The van der Waals surface area contributed by atoms with Crippen molar-refractivity contribution in [2.24, 2.45) is 0 Å². The zero-order valence-corrected chi connectivity index (χ0v) is 25.9. The lowest BCUT2D eigenvalue weighted by Crippen LogP contribution is -2.59. The first-order chi connectivity index (χ1) is 21.0. The smallest absolute Gasteiger partial charge is 0.303 e. The first-order valence-electron chi connectivity index (χ1n) is 14.4. The van der Waals surface area contributed by atoms with Gasteiger partial charge in [0.25, 0.3) is 0 Å². The van der Waals surface area contributed by atoms with Crippen LogP contribution in [0.5, 0.6) is 5.75 Å². The van der Waals surface area contributed by atoms with Crippen LogP contribution >= 0.6 is 11.6 Å². The largest absolute Gasteiger partial charge is 0.490 e. The first-order valence-corrected chi connectivity index (χ1v) is 14.8. The van der Waals surface area contributed by atoms with Gasteiger partial charge in [0.05, 0.1) is 13.2 Å². The molecule has 0 aromatic heterocycles. The molecule has 0 radical (unpaired) electrons. The van der Waals surface area contributed by atoms with E-state index in [0.717, 1.165) is 29.7 Å². The Morgan fingerprint density at radius 3 is 2.02 bits per heavy atom. The van der Waals surface area contributed by atoms with Gasteiger partial charge in [0.1, 0.15) is 30.7 Å². The van der Waals surface area contributed by atoms with Gasteiger partial charge in [-0.05, 0) is 41.3 Å². The normalized spacial score (nSPS) is 23.7. The van der Waals surface area contributed by atoms with Crippen molar-refractivity contribution in [2.45, 2.75) is 83.6 Å². The van der Waals surface area contributed by atoms with E-state index in [1.54, 1.807) is 12.1 Å². The third-order valence-corrected chi connectivity index (χ3v) is 7.55. The number of hydrogen-bond donors (Lipinski definition) is 0. The molecular formula is C32H37ClO11. The number of hydrogen-bond acceptors (Lipinski definition) is 11. The Labute approximate surface area is 261 Å². The summed E-state index contributed by atoms with van der Waals surface area (Å²) in [4.78, 5) is 48.1. The topological polar surface area (TPSA) is 133 Å². The molecule has 0 bridgehead atoms. The molecule has 2 heterocycles. The Hall–Kier alpha value is -3.67. The molecule has 1 unspecified atom stereocenters. The van der Waals surface area contributed by atoms with Crippen molar-refractivity contribution in [1.29, 1.82) is 0 Å². The molecular weight excluding hydrogens is 596 g/mol. The van der Waals surface area contributed by atoms with Gasteiger partial charge in [0.15, 0.2) is 18.3 Å². The third kappa shape index (κ3) is 9.17. The molecule has 238 valence electrons. The minimum absolute atomic E-state index is 0.127. The Morgan fingerprint density at radius 1 is 0.795 bits per heavy atom. The highest BCUT2D eigenvalue weighted by molar-refractivity contribution is 6.31. The van der Waals surface area contributed by atoms with E-state index in [4.69, 9.17) is 44.8 Å². The summed E-state index contributed by atoms with van der Waals surface area (Å²) < 4.78 is 39.6. The van der Waals surface area contributed by atoms with E-state index in [9.17, 15) is 19.2 Å². The molecule has 2 fully saturated rings. The number of carbonyl (C=O) groups excluding carboxylic acids is 4. The molecule has 11 nitrogen and oxygen atoms in total. The van der Waals surface area contributed by atoms with Gasteiger partial charge in [-0.3, -0.25) is 19.2 Å². The first kappa shape index (κ1) is 33.2. The van der Waals surface area contributed by atoms with Crippen LogP contribution in [0.3, 0.4) is 0 Å². The second-order valence-corrected chi connectivity index (χ2v) is 11.1. The van der Waals surface area contributed by atoms with Crippen LogP contribution in [0.2, 0.25) is 5.02 Å². The molecule has 12 heteroatoms.